The second-order valence-electron chi connectivity index (χ2n) is 4.99. The van der Waals surface area contributed by atoms with Crippen LogP contribution < -0.4 is 0 Å². The largest absolute Gasteiger partial charge is 0.268 e. The predicted octanol–water partition coefficient (Wildman–Crippen LogP) is 3.67. The summed E-state index contributed by atoms with van der Waals surface area (Å²) in [7, 11) is 0. The van der Waals surface area contributed by atoms with E-state index in [4.69, 9.17) is 0 Å². The van der Waals surface area contributed by atoms with Crippen molar-refractivity contribution >= 4 is 0 Å². The minimum absolute atomic E-state index is 0.575. The van der Waals surface area contributed by atoms with Crippen LogP contribution in [0.15, 0.2) is 30.6 Å². The number of aryl methyl sites for hydroxylation is 1. The van der Waals surface area contributed by atoms with Crippen molar-refractivity contribution in [1.82, 2.24) is 9.78 Å². The lowest BCUT2D eigenvalue weighted by Gasteiger charge is -2.15. The Morgan fingerprint density at radius 1 is 1.24 bits per heavy atom. The van der Waals surface area contributed by atoms with E-state index in [1.807, 2.05) is 23.1 Å². The molecule has 0 unspecified atom stereocenters. The molecular formula is C15H20N2. The summed E-state index contributed by atoms with van der Waals surface area (Å²) in [6.45, 7) is 9.75. The fourth-order valence-corrected chi connectivity index (χ4v) is 2.24. The topological polar surface area (TPSA) is 17.8 Å². The Morgan fingerprint density at radius 2 is 2.00 bits per heavy atom. The molecule has 2 aromatic rings. The second kappa shape index (κ2) is 4.74. The predicted molar refractivity (Wildman–Crippen MR) is 71.3 cm³/mol. The van der Waals surface area contributed by atoms with Crippen molar-refractivity contribution in [2.75, 3.05) is 0 Å². The van der Waals surface area contributed by atoms with Gasteiger partial charge in [-0.05, 0) is 48.1 Å². The molecule has 2 heteroatoms. The molecule has 0 amide bonds. The molecule has 0 fully saturated rings. The average Bonchev–Trinajstić information content (AvgIpc) is 2.75. The van der Waals surface area contributed by atoms with Crippen LogP contribution in [0.2, 0.25) is 0 Å². The summed E-state index contributed by atoms with van der Waals surface area (Å²) in [5.41, 5.74) is 5.58. The van der Waals surface area contributed by atoms with Crippen molar-refractivity contribution in [3.63, 3.8) is 0 Å². The number of aromatic nitrogens is 2. The maximum Gasteiger partial charge on any atom is 0.0659 e. The van der Waals surface area contributed by atoms with Crippen LogP contribution >= 0.6 is 0 Å². The van der Waals surface area contributed by atoms with E-state index >= 15 is 0 Å². The molecule has 0 aliphatic rings. The molecule has 0 saturated carbocycles. The third-order valence-electron chi connectivity index (χ3n) is 3.29. The van der Waals surface area contributed by atoms with Crippen molar-refractivity contribution < 1.29 is 0 Å². The molecule has 1 aromatic carbocycles. The van der Waals surface area contributed by atoms with Crippen LogP contribution in [0.25, 0.3) is 0 Å². The smallest absolute Gasteiger partial charge is 0.0659 e. The van der Waals surface area contributed by atoms with E-state index in [0.29, 0.717) is 5.92 Å². The monoisotopic (exact) mass is 228 g/mol. The molecular weight excluding hydrogens is 208 g/mol. The molecule has 0 N–H and O–H groups in total. The lowest BCUT2D eigenvalue weighted by atomic mass is 9.92. The lowest BCUT2D eigenvalue weighted by molar-refractivity contribution is 0.684. The van der Waals surface area contributed by atoms with Gasteiger partial charge in [-0.3, -0.25) is 4.68 Å². The van der Waals surface area contributed by atoms with Gasteiger partial charge in [-0.25, -0.2) is 0 Å². The third-order valence-corrected chi connectivity index (χ3v) is 3.29. The first-order valence-electron chi connectivity index (χ1n) is 6.15. The zero-order valence-electron chi connectivity index (χ0n) is 11.1. The molecule has 90 valence electrons. The van der Waals surface area contributed by atoms with Crippen molar-refractivity contribution in [1.29, 1.82) is 0 Å². The maximum absolute atomic E-state index is 4.25. The first kappa shape index (κ1) is 11.9. The minimum Gasteiger partial charge on any atom is -0.268 e. The summed E-state index contributed by atoms with van der Waals surface area (Å²) in [5.74, 6) is 0.575. The quantitative estimate of drug-likeness (QED) is 0.783. The molecule has 0 saturated heterocycles. The normalized spacial score (nSPS) is 11.1. The molecule has 0 radical (unpaired) electrons. The van der Waals surface area contributed by atoms with Crippen LogP contribution in [0, 0.1) is 13.8 Å². The van der Waals surface area contributed by atoms with Crippen molar-refractivity contribution in [3.8, 4) is 0 Å². The van der Waals surface area contributed by atoms with Crippen LogP contribution in [-0.4, -0.2) is 9.78 Å². The Kier molecular flexibility index (Phi) is 3.32. The van der Waals surface area contributed by atoms with Gasteiger partial charge in [0, 0.05) is 12.4 Å². The molecule has 0 aliphatic carbocycles. The van der Waals surface area contributed by atoms with Crippen LogP contribution in [0.3, 0.4) is 0 Å². The van der Waals surface area contributed by atoms with Gasteiger partial charge in [-0.2, -0.15) is 5.10 Å². The van der Waals surface area contributed by atoms with Gasteiger partial charge in [0.1, 0.15) is 0 Å². The van der Waals surface area contributed by atoms with E-state index in [2.05, 4.69) is 44.9 Å². The molecule has 0 aliphatic heterocycles. The van der Waals surface area contributed by atoms with Crippen LogP contribution in [-0.2, 0) is 6.54 Å². The zero-order chi connectivity index (χ0) is 12.4. The number of benzene rings is 1. The standard InChI is InChI=1S/C15H20N2/c1-11(2)15-9-14(8-12(3)13(15)4)10-17-7-5-6-16-17/h5-9,11H,10H2,1-4H3. The highest BCUT2D eigenvalue weighted by atomic mass is 15.3. The second-order valence-corrected chi connectivity index (χ2v) is 4.99. The van der Waals surface area contributed by atoms with Gasteiger partial charge in [-0.1, -0.05) is 26.0 Å². The van der Waals surface area contributed by atoms with Crippen LogP contribution in [0.4, 0.5) is 0 Å². The van der Waals surface area contributed by atoms with Gasteiger partial charge in [0.15, 0.2) is 0 Å². The average molecular weight is 228 g/mol. The lowest BCUT2D eigenvalue weighted by Crippen LogP contribution is -2.03. The van der Waals surface area contributed by atoms with E-state index in [0.717, 1.165) is 6.54 Å². The summed E-state index contributed by atoms with van der Waals surface area (Å²) < 4.78 is 1.97. The first-order valence-corrected chi connectivity index (χ1v) is 6.15. The van der Waals surface area contributed by atoms with E-state index in [1.165, 1.54) is 22.3 Å². The van der Waals surface area contributed by atoms with Crippen LogP contribution in [0.1, 0.15) is 42.0 Å². The number of hydrogen-bond acceptors (Lipinski definition) is 1. The van der Waals surface area contributed by atoms with E-state index in [1.54, 1.807) is 0 Å². The first-order chi connectivity index (χ1) is 8.08. The SMILES string of the molecule is Cc1cc(Cn2cccn2)cc(C(C)C)c1C. The van der Waals surface area contributed by atoms with E-state index in [-0.39, 0.29) is 0 Å². The van der Waals surface area contributed by atoms with Crippen LogP contribution in [0.5, 0.6) is 0 Å². The Balaban J connectivity index is 2.35. The molecule has 0 spiro atoms. The van der Waals surface area contributed by atoms with Crippen molar-refractivity contribution in [2.45, 2.75) is 40.2 Å². The molecule has 17 heavy (non-hydrogen) atoms. The van der Waals surface area contributed by atoms with Crippen molar-refractivity contribution in [3.05, 3.63) is 52.8 Å². The Labute approximate surface area is 103 Å². The molecule has 1 heterocycles. The van der Waals surface area contributed by atoms with Gasteiger partial charge in [-0.15, -0.1) is 0 Å². The molecule has 0 bridgehead atoms. The molecule has 2 rings (SSSR count). The minimum atomic E-state index is 0.575. The van der Waals surface area contributed by atoms with E-state index < -0.39 is 0 Å². The Morgan fingerprint density at radius 3 is 2.59 bits per heavy atom. The fraction of sp³-hybridized carbons (Fsp3) is 0.400. The number of rotatable bonds is 3. The van der Waals surface area contributed by atoms with Gasteiger partial charge >= 0.3 is 0 Å². The van der Waals surface area contributed by atoms with Gasteiger partial charge in [0.25, 0.3) is 0 Å². The highest BCUT2D eigenvalue weighted by Gasteiger charge is 2.08. The fourth-order valence-electron chi connectivity index (χ4n) is 2.24. The van der Waals surface area contributed by atoms with Gasteiger partial charge in [0.2, 0.25) is 0 Å². The summed E-state index contributed by atoms with van der Waals surface area (Å²) in [6.07, 6.45) is 3.83. The van der Waals surface area contributed by atoms with E-state index in [9.17, 15) is 0 Å². The summed E-state index contributed by atoms with van der Waals surface area (Å²) in [5, 5.41) is 4.25. The number of nitrogens with zero attached hydrogens (tertiary/aromatic N) is 2. The maximum atomic E-state index is 4.25. The molecule has 0 atom stereocenters. The Hall–Kier alpha value is -1.57. The third kappa shape index (κ3) is 2.57. The highest BCUT2D eigenvalue weighted by Crippen LogP contribution is 2.24. The highest BCUT2D eigenvalue weighted by molar-refractivity contribution is 5.39. The molecule has 1 aromatic heterocycles. The zero-order valence-corrected chi connectivity index (χ0v) is 11.1. The number of hydrogen-bond donors (Lipinski definition) is 0. The summed E-state index contributed by atoms with van der Waals surface area (Å²) in [6, 6.07) is 6.54. The molecule has 2 nitrogen and oxygen atoms in total. The summed E-state index contributed by atoms with van der Waals surface area (Å²) >= 11 is 0. The van der Waals surface area contributed by atoms with Crippen molar-refractivity contribution in [2.24, 2.45) is 0 Å². The Bertz CT molecular complexity index is 496. The van der Waals surface area contributed by atoms with Gasteiger partial charge < -0.3 is 0 Å². The van der Waals surface area contributed by atoms with Gasteiger partial charge in [0.05, 0.1) is 6.54 Å². The summed E-state index contributed by atoms with van der Waals surface area (Å²) in [4.78, 5) is 0.